The van der Waals surface area contributed by atoms with Crippen LogP contribution in [0, 0.1) is 6.92 Å². The Labute approximate surface area is 217 Å². The average Bonchev–Trinajstić information content (AvgIpc) is 3.64. The Balaban J connectivity index is 1.41. The van der Waals surface area contributed by atoms with E-state index in [4.69, 9.17) is 17.0 Å². The lowest BCUT2D eigenvalue weighted by Crippen LogP contribution is -2.30. The van der Waals surface area contributed by atoms with Crippen LogP contribution >= 0.6 is 12.2 Å². The van der Waals surface area contributed by atoms with Crippen LogP contribution in [0.4, 0.5) is 5.69 Å². The van der Waals surface area contributed by atoms with E-state index in [1.54, 1.807) is 6.20 Å². The lowest BCUT2D eigenvalue weighted by Gasteiger charge is -2.29. The lowest BCUT2D eigenvalue weighted by atomic mass is 10.0. The van der Waals surface area contributed by atoms with Crippen LogP contribution in [0.5, 0.6) is 5.75 Å². The number of aromatic nitrogens is 3. The van der Waals surface area contributed by atoms with Gasteiger partial charge in [0.25, 0.3) is 0 Å². The van der Waals surface area contributed by atoms with Gasteiger partial charge in [0.1, 0.15) is 11.8 Å². The first-order valence-electron chi connectivity index (χ1n) is 12.5. The molecule has 0 amide bonds. The van der Waals surface area contributed by atoms with Crippen molar-refractivity contribution in [2.24, 2.45) is 0 Å². The molecule has 0 bridgehead atoms. The van der Waals surface area contributed by atoms with Gasteiger partial charge in [-0.05, 0) is 105 Å². The van der Waals surface area contributed by atoms with Crippen molar-refractivity contribution in [1.82, 2.24) is 19.9 Å². The summed E-state index contributed by atoms with van der Waals surface area (Å²) in [6.45, 7) is 2.12. The molecule has 1 aromatic carbocycles. The summed E-state index contributed by atoms with van der Waals surface area (Å²) in [5.41, 5.74) is 5.25. The second-order valence-electron chi connectivity index (χ2n) is 9.46. The van der Waals surface area contributed by atoms with Crippen molar-refractivity contribution in [3.8, 4) is 11.4 Å². The zero-order valence-electron chi connectivity index (χ0n) is 20.2. The topological polar surface area (TPSA) is 55.2 Å². The Hall–Kier alpha value is -3.71. The number of hydrogen-bond acceptors (Lipinski definition) is 4. The van der Waals surface area contributed by atoms with Crippen LogP contribution in [-0.2, 0) is 0 Å². The average molecular weight is 496 g/mol. The van der Waals surface area contributed by atoms with Gasteiger partial charge < -0.3 is 19.5 Å². The van der Waals surface area contributed by atoms with E-state index < -0.39 is 0 Å². The molecule has 2 fully saturated rings. The molecule has 6 nitrogen and oxygen atoms in total. The molecule has 36 heavy (non-hydrogen) atoms. The number of nitrogens with one attached hydrogen (secondary N) is 1. The van der Waals surface area contributed by atoms with Crippen LogP contribution in [0.2, 0.25) is 0 Å². The predicted molar refractivity (Wildman–Crippen MR) is 146 cm³/mol. The van der Waals surface area contributed by atoms with Crippen molar-refractivity contribution in [3.63, 3.8) is 0 Å². The maximum Gasteiger partial charge on any atom is 0.174 e. The van der Waals surface area contributed by atoms with E-state index in [0.717, 1.165) is 47.0 Å². The molecular weight excluding hydrogens is 466 g/mol. The molecule has 182 valence electrons. The normalized spacial score (nSPS) is 20.0. The highest BCUT2D eigenvalue weighted by atomic mass is 32.1. The van der Waals surface area contributed by atoms with Crippen LogP contribution < -0.4 is 15.0 Å². The highest BCUT2D eigenvalue weighted by Crippen LogP contribution is 2.43. The fraction of sp³-hybridized carbons (Fsp3) is 0.276. The number of rotatable bonds is 6. The Morgan fingerprint density at radius 3 is 2.47 bits per heavy atom. The molecule has 1 saturated carbocycles. The third kappa shape index (κ3) is 4.24. The molecule has 0 unspecified atom stereocenters. The van der Waals surface area contributed by atoms with Crippen LogP contribution in [0.25, 0.3) is 5.69 Å². The van der Waals surface area contributed by atoms with Crippen LogP contribution in [-0.4, -0.2) is 25.8 Å². The second kappa shape index (κ2) is 9.74. The smallest absolute Gasteiger partial charge is 0.174 e. The molecule has 3 aromatic heterocycles. The summed E-state index contributed by atoms with van der Waals surface area (Å²) in [5.74, 6) is 0.913. The molecule has 2 atom stereocenters. The largest absolute Gasteiger partial charge is 0.490 e. The summed E-state index contributed by atoms with van der Waals surface area (Å²) in [5, 5.41) is 4.24. The summed E-state index contributed by atoms with van der Waals surface area (Å²) in [6, 6.07) is 22.5. The van der Waals surface area contributed by atoms with Gasteiger partial charge in [0, 0.05) is 29.5 Å². The SMILES string of the molecule is Cc1ccc([C@@H]2[C@H](c3ccccn3)NC(=S)N2c2ccc(OC3CCCC3)cc2)n1-c1cccnc1. The summed E-state index contributed by atoms with van der Waals surface area (Å²) in [6.07, 6.45) is 10.6. The lowest BCUT2D eigenvalue weighted by molar-refractivity contribution is 0.210. The predicted octanol–water partition coefficient (Wildman–Crippen LogP) is 6.07. The number of nitrogens with zero attached hydrogens (tertiary/aromatic N) is 4. The van der Waals surface area contributed by atoms with E-state index in [-0.39, 0.29) is 12.1 Å². The fourth-order valence-corrected chi connectivity index (χ4v) is 5.79. The van der Waals surface area contributed by atoms with E-state index in [9.17, 15) is 0 Å². The maximum atomic E-state index is 6.21. The van der Waals surface area contributed by atoms with E-state index in [2.05, 4.69) is 80.2 Å². The zero-order valence-corrected chi connectivity index (χ0v) is 21.1. The molecule has 4 aromatic rings. The molecule has 0 radical (unpaired) electrons. The number of ether oxygens (including phenoxy) is 1. The standard InChI is InChI=1S/C29H29N5OS/c1-20-11-16-26(33(20)22-7-6-17-30-19-22)28-27(25-10-4-5-18-31-25)32-29(36)34(28)21-12-14-24(15-13-21)35-23-8-2-3-9-23/h4-7,10-19,23,27-28H,2-3,8-9H2,1H3,(H,32,36)/t27-,28+/m0/s1. The Morgan fingerprint density at radius 2 is 1.75 bits per heavy atom. The first kappa shape index (κ1) is 22.7. The monoisotopic (exact) mass is 495 g/mol. The van der Waals surface area contributed by atoms with Gasteiger partial charge in [0.05, 0.1) is 29.7 Å². The molecule has 1 saturated heterocycles. The van der Waals surface area contributed by atoms with Gasteiger partial charge >= 0.3 is 0 Å². The van der Waals surface area contributed by atoms with Crippen molar-refractivity contribution in [1.29, 1.82) is 0 Å². The first-order valence-corrected chi connectivity index (χ1v) is 13.0. The van der Waals surface area contributed by atoms with Gasteiger partial charge in [-0.1, -0.05) is 6.07 Å². The van der Waals surface area contributed by atoms with Gasteiger partial charge in [0.15, 0.2) is 5.11 Å². The molecule has 7 heteroatoms. The van der Waals surface area contributed by atoms with Gasteiger partial charge in [0.2, 0.25) is 0 Å². The number of hydrogen-bond donors (Lipinski definition) is 1. The van der Waals surface area contributed by atoms with E-state index in [1.165, 1.54) is 12.8 Å². The van der Waals surface area contributed by atoms with E-state index >= 15 is 0 Å². The summed E-state index contributed by atoms with van der Waals surface area (Å²) in [4.78, 5) is 11.3. The van der Waals surface area contributed by atoms with Crippen molar-refractivity contribution in [2.75, 3.05) is 4.90 Å². The molecular formula is C29H29N5OS. The molecule has 2 aliphatic rings. The minimum atomic E-state index is -0.113. The number of benzene rings is 1. The molecule has 6 rings (SSSR count). The van der Waals surface area contributed by atoms with E-state index in [1.807, 2.05) is 30.6 Å². The third-order valence-corrected chi connectivity index (χ3v) is 7.45. The van der Waals surface area contributed by atoms with E-state index in [0.29, 0.717) is 11.2 Å². The highest BCUT2D eigenvalue weighted by Gasteiger charge is 2.42. The third-order valence-electron chi connectivity index (χ3n) is 7.13. The van der Waals surface area contributed by atoms with Crippen LogP contribution in [0.1, 0.15) is 54.8 Å². The molecule has 1 N–H and O–H groups in total. The highest BCUT2D eigenvalue weighted by molar-refractivity contribution is 7.80. The Kier molecular flexibility index (Phi) is 6.15. The Bertz CT molecular complexity index is 1330. The quantitative estimate of drug-likeness (QED) is 0.328. The molecule has 0 spiro atoms. The van der Waals surface area contributed by atoms with Gasteiger partial charge in [-0.25, -0.2) is 0 Å². The Morgan fingerprint density at radius 1 is 0.917 bits per heavy atom. The maximum absolute atomic E-state index is 6.21. The number of pyridine rings is 2. The minimum Gasteiger partial charge on any atom is -0.490 e. The van der Waals surface area contributed by atoms with Gasteiger partial charge in [-0.2, -0.15) is 0 Å². The van der Waals surface area contributed by atoms with Crippen molar-refractivity contribution < 1.29 is 4.74 Å². The fourth-order valence-electron chi connectivity index (χ4n) is 5.45. The summed E-state index contributed by atoms with van der Waals surface area (Å²) in [7, 11) is 0. The van der Waals surface area contributed by atoms with Gasteiger partial charge in [-0.3, -0.25) is 9.97 Å². The number of thiocarbonyl (C=S) groups is 1. The first-order chi connectivity index (χ1) is 17.7. The van der Waals surface area contributed by atoms with Gasteiger partial charge in [-0.15, -0.1) is 0 Å². The van der Waals surface area contributed by atoms with Crippen LogP contribution in [0.3, 0.4) is 0 Å². The van der Waals surface area contributed by atoms with Crippen LogP contribution in [0.15, 0.2) is 85.3 Å². The molecule has 1 aliphatic heterocycles. The second-order valence-corrected chi connectivity index (χ2v) is 9.85. The number of aryl methyl sites for hydroxylation is 1. The van der Waals surface area contributed by atoms with Crippen molar-refractivity contribution in [3.05, 3.63) is 102 Å². The minimum absolute atomic E-state index is 0.108. The van der Waals surface area contributed by atoms with Crippen molar-refractivity contribution >= 4 is 23.0 Å². The zero-order chi connectivity index (χ0) is 24.5. The molecule has 1 aliphatic carbocycles. The summed E-state index contributed by atoms with van der Waals surface area (Å²) < 4.78 is 8.47. The summed E-state index contributed by atoms with van der Waals surface area (Å²) >= 11 is 5.93. The molecule has 4 heterocycles. The number of anilines is 1. The van der Waals surface area contributed by atoms with Crippen molar-refractivity contribution in [2.45, 2.75) is 50.8 Å².